The molecule has 1 aromatic heterocycles. The highest BCUT2D eigenvalue weighted by Gasteiger charge is 2.19. The molecule has 1 aromatic carbocycles. The van der Waals surface area contributed by atoms with Crippen molar-refractivity contribution in [3.8, 4) is 5.69 Å². The van der Waals surface area contributed by atoms with Crippen LogP contribution >= 0.6 is 0 Å². The molecule has 1 aliphatic rings. The molecule has 1 fully saturated rings. The van der Waals surface area contributed by atoms with Gasteiger partial charge in [-0.3, -0.25) is 4.21 Å². The van der Waals surface area contributed by atoms with Gasteiger partial charge >= 0.3 is 0 Å². The van der Waals surface area contributed by atoms with Crippen molar-refractivity contribution in [2.45, 2.75) is 18.9 Å². The summed E-state index contributed by atoms with van der Waals surface area (Å²) < 4.78 is 26.7. The fourth-order valence-corrected chi connectivity index (χ4v) is 3.50. The van der Waals surface area contributed by atoms with Crippen LogP contribution in [0, 0.1) is 5.82 Å². The van der Waals surface area contributed by atoms with Gasteiger partial charge in [0.15, 0.2) is 0 Å². The third-order valence-corrected chi connectivity index (χ3v) is 4.69. The van der Waals surface area contributed by atoms with Gasteiger partial charge in [-0.2, -0.15) is 0 Å². The maximum atomic E-state index is 13.9. The molecule has 106 valence electrons. The Morgan fingerprint density at radius 3 is 2.85 bits per heavy atom. The Balaban J connectivity index is 1.78. The number of aromatic nitrogens is 4. The second kappa shape index (κ2) is 5.66. The molecular weight excluding hydrogens is 281 g/mol. The van der Waals surface area contributed by atoms with E-state index in [0.717, 1.165) is 12.8 Å². The van der Waals surface area contributed by atoms with E-state index in [9.17, 15) is 8.60 Å². The molecule has 0 spiro atoms. The van der Waals surface area contributed by atoms with E-state index in [1.54, 1.807) is 12.1 Å². The molecule has 0 aliphatic carbocycles. The summed E-state index contributed by atoms with van der Waals surface area (Å²) in [6.45, 7) is 0. The Morgan fingerprint density at radius 1 is 1.35 bits per heavy atom. The highest BCUT2D eigenvalue weighted by Crippen LogP contribution is 2.22. The van der Waals surface area contributed by atoms with E-state index in [2.05, 4.69) is 20.8 Å². The summed E-state index contributed by atoms with van der Waals surface area (Å²) in [5.41, 5.74) is 1.12. The van der Waals surface area contributed by atoms with Crippen LogP contribution in [0.3, 0.4) is 0 Å². The van der Waals surface area contributed by atoms with Gasteiger partial charge in [0.05, 0.1) is 11.4 Å². The summed E-state index contributed by atoms with van der Waals surface area (Å²) in [4.78, 5) is 0. The summed E-state index contributed by atoms with van der Waals surface area (Å²) in [7, 11) is -0.717. The minimum atomic E-state index is -0.717. The zero-order chi connectivity index (χ0) is 13.9. The number of nitrogens with zero attached hydrogens (tertiary/aromatic N) is 4. The van der Waals surface area contributed by atoms with Crippen LogP contribution in [0.25, 0.3) is 5.69 Å². The van der Waals surface area contributed by atoms with E-state index in [0.29, 0.717) is 22.9 Å². The first-order valence-electron chi connectivity index (χ1n) is 6.37. The van der Waals surface area contributed by atoms with Gasteiger partial charge in [0.25, 0.3) is 0 Å². The predicted octanol–water partition coefficient (Wildman–Crippen LogP) is 1.12. The minimum absolute atomic E-state index is 0.159. The van der Waals surface area contributed by atoms with Gasteiger partial charge in [0.1, 0.15) is 12.1 Å². The third-order valence-electron chi connectivity index (χ3n) is 3.31. The lowest BCUT2D eigenvalue weighted by Crippen LogP contribution is -2.29. The lowest BCUT2D eigenvalue weighted by Gasteiger charge is -2.24. The molecule has 0 atom stereocenters. The molecule has 0 unspecified atom stereocenters. The Morgan fingerprint density at radius 2 is 2.15 bits per heavy atom. The molecule has 0 saturated carbocycles. The average Bonchev–Trinajstić information content (AvgIpc) is 2.98. The molecule has 6 nitrogen and oxygen atoms in total. The Kier molecular flexibility index (Phi) is 3.72. The van der Waals surface area contributed by atoms with Gasteiger partial charge < -0.3 is 5.32 Å². The Hall–Kier alpha value is -1.83. The number of nitrogens with one attached hydrogen (secondary N) is 1. The quantitative estimate of drug-likeness (QED) is 0.919. The van der Waals surface area contributed by atoms with Crippen LogP contribution in [-0.4, -0.2) is 42.0 Å². The van der Waals surface area contributed by atoms with Crippen molar-refractivity contribution in [3.63, 3.8) is 0 Å². The highest BCUT2D eigenvalue weighted by molar-refractivity contribution is 7.85. The number of benzene rings is 1. The fraction of sp³-hybridized carbons (Fsp3) is 0.417. The highest BCUT2D eigenvalue weighted by atomic mass is 32.2. The van der Waals surface area contributed by atoms with Crippen molar-refractivity contribution >= 4 is 16.5 Å². The van der Waals surface area contributed by atoms with E-state index in [1.807, 2.05) is 0 Å². The first kappa shape index (κ1) is 13.2. The third kappa shape index (κ3) is 2.84. The van der Waals surface area contributed by atoms with E-state index >= 15 is 0 Å². The van der Waals surface area contributed by atoms with Crippen molar-refractivity contribution in [1.29, 1.82) is 0 Å². The number of rotatable bonds is 3. The SMILES string of the molecule is O=S1CCC(Nc2cc(-n3cnnn3)ccc2F)CC1. The Bertz CT molecular complexity index is 608. The molecule has 8 heteroatoms. The van der Waals surface area contributed by atoms with Crippen LogP contribution in [-0.2, 0) is 10.8 Å². The van der Waals surface area contributed by atoms with Gasteiger partial charge in [-0.05, 0) is 41.5 Å². The van der Waals surface area contributed by atoms with Crippen LogP contribution in [0.4, 0.5) is 10.1 Å². The molecule has 1 N–H and O–H groups in total. The normalized spacial score (nSPS) is 22.6. The molecule has 2 heterocycles. The predicted molar refractivity (Wildman–Crippen MR) is 73.6 cm³/mol. The van der Waals surface area contributed by atoms with Crippen molar-refractivity contribution in [2.75, 3.05) is 16.8 Å². The van der Waals surface area contributed by atoms with Crippen LogP contribution in [0.5, 0.6) is 0 Å². The van der Waals surface area contributed by atoms with Crippen LogP contribution < -0.4 is 5.32 Å². The Labute approximate surface area is 117 Å². The van der Waals surface area contributed by atoms with Gasteiger partial charge in [-0.25, -0.2) is 9.07 Å². The van der Waals surface area contributed by atoms with E-state index in [4.69, 9.17) is 0 Å². The molecule has 1 saturated heterocycles. The summed E-state index contributed by atoms with van der Waals surface area (Å²) in [6, 6.07) is 4.84. The number of hydrogen-bond acceptors (Lipinski definition) is 5. The number of halogens is 1. The smallest absolute Gasteiger partial charge is 0.146 e. The van der Waals surface area contributed by atoms with Gasteiger partial charge in [-0.1, -0.05) is 0 Å². The van der Waals surface area contributed by atoms with E-state index in [1.165, 1.54) is 17.1 Å². The molecule has 20 heavy (non-hydrogen) atoms. The maximum absolute atomic E-state index is 13.9. The van der Waals surface area contributed by atoms with E-state index in [-0.39, 0.29) is 11.9 Å². The van der Waals surface area contributed by atoms with Gasteiger partial charge in [0.2, 0.25) is 0 Å². The fourth-order valence-electron chi connectivity index (χ4n) is 2.20. The van der Waals surface area contributed by atoms with Crippen molar-refractivity contribution < 1.29 is 8.60 Å². The van der Waals surface area contributed by atoms with E-state index < -0.39 is 10.8 Å². The molecule has 1 aliphatic heterocycles. The molecule has 3 rings (SSSR count). The summed E-state index contributed by atoms with van der Waals surface area (Å²) in [6.07, 6.45) is 3.04. The second-order valence-electron chi connectivity index (χ2n) is 4.69. The van der Waals surface area contributed by atoms with Crippen molar-refractivity contribution in [3.05, 3.63) is 30.3 Å². The lowest BCUT2D eigenvalue weighted by atomic mass is 10.1. The number of anilines is 1. The molecule has 0 bridgehead atoms. The first-order chi connectivity index (χ1) is 9.72. The van der Waals surface area contributed by atoms with Gasteiger partial charge in [-0.15, -0.1) is 5.10 Å². The summed E-state index contributed by atoms with van der Waals surface area (Å²) in [5, 5.41) is 14.1. The van der Waals surface area contributed by atoms with Crippen LogP contribution in [0.2, 0.25) is 0 Å². The average molecular weight is 295 g/mol. The van der Waals surface area contributed by atoms with Crippen molar-refractivity contribution in [1.82, 2.24) is 20.2 Å². The lowest BCUT2D eigenvalue weighted by molar-refractivity contribution is 0.603. The zero-order valence-corrected chi connectivity index (χ0v) is 11.5. The van der Waals surface area contributed by atoms with Crippen molar-refractivity contribution in [2.24, 2.45) is 0 Å². The zero-order valence-electron chi connectivity index (χ0n) is 10.7. The standard InChI is InChI=1S/C12H14FN5OS/c13-11-2-1-10(18-8-14-16-17-18)7-12(11)15-9-3-5-20(19)6-4-9/h1-2,7-9,15H,3-6H2. The molecule has 0 radical (unpaired) electrons. The molecule has 2 aromatic rings. The van der Waals surface area contributed by atoms with Crippen LogP contribution in [0.15, 0.2) is 24.5 Å². The molecular formula is C12H14FN5OS. The van der Waals surface area contributed by atoms with Crippen LogP contribution in [0.1, 0.15) is 12.8 Å². The number of tetrazole rings is 1. The largest absolute Gasteiger partial charge is 0.380 e. The summed E-state index contributed by atoms with van der Waals surface area (Å²) >= 11 is 0. The molecule has 0 amide bonds. The van der Waals surface area contributed by atoms with Gasteiger partial charge in [0, 0.05) is 28.3 Å². The first-order valence-corrected chi connectivity index (χ1v) is 7.85. The monoisotopic (exact) mass is 295 g/mol. The minimum Gasteiger partial charge on any atom is -0.380 e. The summed E-state index contributed by atoms with van der Waals surface area (Å²) in [5.74, 6) is 1.03. The number of hydrogen-bond donors (Lipinski definition) is 1. The maximum Gasteiger partial charge on any atom is 0.146 e. The second-order valence-corrected chi connectivity index (χ2v) is 6.38. The topological polar surface area (TPSA) is 72.7 Å².